The van der Waals surface area contributed by atoms with Gasteiger partial charge in [0, 0.05) is 25.2 Å². The van der Waals surface area contributed by atoms with Crippen molar-refractivity contribution in [2.75, 3.05) is 32.7 Å². The van der Waals surface area contributed by atoms with Crippen LogP contribution >= 0.6 is 0 Å². The molecule has 2 fully saturated rings. The highest BCUT2D eigenvalue weighted by Crippen LogP contribution is 2.33. The maximum absolute atomic E-state index is 6.23. The molecule has 2 N–H and O–H groups in total. The minimum absolute atomic E-state index is 0.415. The SMILES string of the molecule is CCN(CC)C1CCN(C[C@@H](N)CC2CC2)C1. The first-order valence-corrected chi connectivity index (χ1v) is 7.44. The number of nitrogens with two attached hydrogens (primary N) is 1. The van der Waals surface area contributed by atoms with Crippen molar-refractivity contribution in [3.63, 3.8) is 0 Å². The Bertz CT molecular complexity index is 224. The van der Waals surface area contributed by atoms with E-state index >= 15 is 0 Å². The molecular weight excluding hydrogens is 210 g/mol. The molecule has 1 aliphatic heterocycles. The van der Waals surface area contributed by atoms with Gasteiger partial charge >= 0.3 is 0 Å². The standard InChI is InChI=1S/C14H29N3/c1-3-17(4-2)14-7-8-16(11-14)10-13(15)9-12-5-6-12/h12-14H,3-11,15H2,1-2H3/t13-,14?/m0/s1. The average Bonchev–Trinajstić information content (AvgIpc) is 2.99. The van der Waals surface area contributed by atoms with Gasteiger partial charge in [0.2, 0.25) is 0 Å². The average molecular weight is 239 g/mol. The zero-order valence-corrected chi connectivity index (χ0v) is 11.6. The van der Waals surface area contributed by atoms with Crippen LogP contribution in [0.15, 0.2) is 0 Å². The predicted molar refractivity (Wildman–Crippen MR) is 73.1 cm³/mol. The van der Waals surface area contributed by atoms with Gasteiger partial charge in [-0.2, -0.15) is 0 Å². The van der Waals surface area contributed by atoms with Crippen LogP contribution in [-0.2, 0) is 0 Å². The van der Waals surface area contributed by atoms with Gasteiger partial charge in [0.25, 0.3) is 0 Å². The van der Waals surface area contributed by atoms with Gasteiger partial charge in [0.15, 0.2) is 0 Å². The van der Waals surface area contributed by atoms with Crippen molar-refractivity contribution in [2.24, 2.45) is 11.7 Å². The van der Waals surface area contributed by atoms with Crippen molar-refractivity contribution in [3.8, 4) is 0 Å². The van der Waals surface area contributed by atoms with Gasteiger partial charge in [-0.1, -0.05) is 26.7 Å². The summed E-state index contributed by atoms with van der Waals surface area (Å²) >= 11 is 0. The molecule has 2 rings (SSSR count). The van der Waals surface area contributed by atoms with Crippen molar-refractivity contribution < 1.29 is 0 Å². The van der Waals surface area contributed by atoms with Crippen LogP contribution in [0.5, 0.6) is 0 Å². The van der Waals surface area contributed by atoms with Crippen LogP contribution in [0.1, 0.15) is 39.5 Å². The summed E-state index contributed by atoms with van der Waals surface area (Å²) in [5, 5.41) is 0. The van der Waals surface area contributed by atoms with Crippen LogP contribution in [0.2, 0.25) is 0 Å². The molecule has 1 saturated heterocycles. The Morgan fingerprint density at radius 2 is 1.94 bits per heavy atom. The van der Waals surface area contributed by atoms with Crippen LogP contribution in [0.3, 0.4) is 0 Å². The zero-order chi connectivity index (χ0) is 12.3. The fourth-order valence-corrected chi connectivity index (χ4v) is 3.20. The van der Waals surface area contributed by atoms with Gasteiger partial charge in [-0.05, 0) is 38.4 Å². The van der Waals surface area contributed by atoms with Gasteiger partial charge in [0.05, 0.1) is 0 Å². The predicted octanol–water partition coefficient (Wildman–Crippen LogP) is 1.53. The number of likely N-dealkylation sites (tertiary alicyclic amines) is 1. The molecule has 0 aromatic carbocycles. The summed E-state index contributed by atoms with van der Waals surface area (Å²) in [5.74, 6) is 0.964. The Morgan fingerprint density at radius 3 is 2.53 bits per heavy atom. The molecule has 2 atom stereocenters. The molecule has 1 heterocycles. The number of nitrogens with zero attached hydrogens (tertiary/aromatic N) is 2. The van der Waals surface area contributed by atoms with Crippen molar-refractivity contribution in [1.82, 2.24) is 9.80 Å². The Kier molecular flexibility index (Phi) is 4.83. The number of hydrogen-bond donors (Lipinski definition) is 1. The summed E-state index contributed by atoms with van der Waals surface area (Å²) < 4.78 is 0. The van der Waals surface area contributed by atoms with Gasteiger partial charge in [-0.3, -0.25) is 4.90 Å². The molecule has 2 aliphatic rings. The monoisotopic (exact) mass is 239 g/mol. The molecule has 0 spiro atoms. The topological polar surface area (TPSA) is 32.5 Å². The lowest BCUT2D eigenvalue weighted by Gasteiger charge is -2.27. The number of hydrogen-bond acceptors (Lipinski definition) is 3. The third-order valence-electron chi connectivity index (χ3n) is 4.40. The summed E-state index contributed by atoms with van der Waals surface area (Å²) in [6.07, 6.45) is 5.44. The third-order valence-corrected chi connectivity index (χ3v) is 4.40. The second-order valence-corrected chi connectivity index (χ2v) is 5.86. The quantitative estimate of drug-likeness (QED) is 0.731. The normalized spacial score (nSPS) is 27.9. The molecule has 0 aromatic rings. The number of rotatable bonds is 7. The fraction of sp³-hybridized carbons (Fsp3) is 1.00. The van der Waals surface area contributed by atoms with Crippen LogP contribution < -0.4 is 5.73 Å². The molecule has 1 saturated carbocycles. The Labute approximate surface area is 106 Å². The van der Waals surface area contributed by atoms with Crippen LogP contribution in [0.25, 0.3) is 0 Å². The lowest BCUT2D eigenvalue weighted by atomic mass is 10.1. The molecule has 0 aromatic heterocycles. The highest BCUT2D eigenvalue weighted by Gasteiger charge is 2.29. The van der Waals surface area contributed by atoms with E-state index in [9.17, 15) is 0 Å². The Balaban J connectivity index is 1.69. The van der Waals surface area contributed by atoms with E-state index < -0.39 is 0 Å². The molecule has 17 heavy (non-hydrogen) atoms. The molecule has 100 valence electrons. The van der Waals surface area contributed by atoms with E-state index in [4.69, 9.17) is 5.73 Å². The maximum atomic E-state index is 6.23. The van der Waals surface area contributed by atoms with Crippen LogP contribution in [-0.4, -0.2) is 54.6 Å². The zero-order valence-electron chi connectivity index (χ0n) is 11.6. The highest BCUT2D eigenvalue weighted by molar-refractivity contribution is 4.86. The molecule has 0 bridgehead atoms. The first-order chi connectivity index (χ1) is 8.22. The molecule has 1 unspecified atom stereocenters. The number of likely N-dealkylation sites (N-methyl/N-ethyl adjacent to an activating group) is 1. The largest absolute Gasteiger partial charge is 0.327 e. The van der Waals surface area contributed by atoms with Crippen molar-refractivity contribution in [2.45, 2.75) is 51.6 Å². The minimum Gasteiger partial charge on any atom is -0.327 e. The van der Waals surface area contributed by atoms with E-state index in [1.165, 1.54) is 51.9 Å². The van der Waals surface area contributed by atoms with E-state index in [1.807, 2.05) is 0 Å². The fourth-order valence-electron chi connectivity index (χ4n) is 3.20. The van der Waals surface area contributed by atoms with E-state index in [0.29, 0.717) is 6.04 Å². The Morgan fingerprint density at radius 1 is 1.24 bits per heavy atom. The first-order valence-electron chi connectivity index (χ1n) is 7.44. The van der Waals surface area contributed by atoms with Crippen LogP contribution in [0, 0.1) is 5.92 Å². The molecular formula is C14H29N3. The van der Waals surface area contributed by atoms with E-state index in [1.54, 1.807) is 0 Å². The van der Waals surface area contributed by atoms with Gasteiger partial charge in [0.1, 0.15) is 0 Å². The summed E-state index contributed by atoms with van der Waals surface area (Å²) in [4.78, 5) is 5.17. The highest BCUT2D eigenvalue weighted by atomic mass is 15.3. The van der Waals surface area contributed by atoms with Crippen molar-refractivity contribution in [1.29, 1.82) is 0 Å². The summed E-state index contributed by atoms with van der Waals surface area (Å²) in [7, 11) is 0. The molecule has 3 nitrogen and oxygen atoms in total. The van der Waals surface area contributed by atoms with Gasteiger partial charge < -0.3 is 10.6 Å². The van der Waals surface area contributed by atoms with E-state index in [2.05, 4.69) is 23.6 Å². The second-order valence-electron chi connectivity index (χ2n) is 5.86. The molecule has 0 amide bonds. The van der Waals surface area contributed by atoms with Crippen LogP contribution in [0.4, 0.5) is 0 Å². The lowest BCUT2D eigenvalue weighted by Crippen LogP contribution is -2.40. The molecule has 3 heteroatoms. The maximum Gasteiger partial charge on any atom is 0.0235 e. The van der Waals surface area contributed by atoms with Crippen molar-refractivity contribution >= 4 is 0 Å². The summed E-state index contributed by atoms with van der Waals surface area (Å²) in [5.41, 5.74) is 6.23. The van der Waals surface area contributed by atoms with Crippen molar-refractivity contribution in [3.05, 3.63) is 0 Å². The van der Waals surface area contributed by atoms with E-state index in [0.717, 1.165) is 18.5 Å². The Hall–Kier alpha value is -0.120. The third kappa shape index (κ3) is 3.94. The lowest BCUT2D eigenvalue weighted by molar-refractivity contribution is 0.207. The minimum atomic E-state index is 0.415. The second kappa shape index (κ2) is 6.17. The first kappa shape index (κ1) is 13.3. The molecule has 1 aliphatic carbocycles. The molecule has 0 radical (unpaired) electrons. The summed E-state index contributed by atoms with van der Waals surface area (Å²) in [6, 6.07) is 1.19. The smallest absolute Gasteiger partial charge is 0.0235 e. The van der Waals surface area contributed by atoms with Gasteiger partial charge in [-0.15, -0.1) is 0 Å². The van der Waals surface area contributed by atoms with E-state index in [-0.39, 0.29) is 0 Å². The van der Waals surface area contributed by atoms with Gasteiger partial charge in [-0.25, -0.2) is 0 Å². The summed E-state index contributed by atoms with van der Waals surface area (Å²) in [6.45, 7) is 10.5.